The van der Waals surface area contributed by atoms with Gasteiger partial charge in [-0.2, -0.15) is 0 Å². The molecule has 2 heterocycles. The molecule has 1 N–H and O–H groups in total. The summed E-state index contributed by atoms with van der Waals surface area (Å²) >= 11 is 0. The molecule has 2 amide bonds. The van der Waals surface area contributed by atoms with Gasteiger partial charge in [-0.1, -0.05) is 72.3 Å². The van der Waals surface area contributed by atoms with Crippen molar-refractivity contribution in [3.63, 3.8) is 0 Å². The standard InChI is InChI=1S/C27H26N4O2/c1-19-9-8-12-21(15-19)17-31-25(32)24-29-22-13-6-7-14-23(22)30(24)18-27(31,2)26(33)28-16-20-10-4-3-5-11-20/h3-15H,16-18H2,1-2H3,(H,28,33)/t27-/m1/s1. The zero-order valence-electron chi connectivity index (χ0n) is 18.8. The van der Waals surface area contributed by atoms with E-state index >= 15 is 0 Å². The molecule has 6 heteroatoms. The Morgan fingerprint density at radius 3 is 2.52 bits per heavy atom. The fourth-order valence-corrected chi connectivity index (χ4v) is 4.54. The predicted molar refractivity (Wildman–Crippen MR) is 127 cm³/mol. The Bertz CT molecular complexity index is 1340. The molecular formula is C27H26N4O2. The molecule has 3 aromatic carbocycles. The van der Waals surface area contributed by atoms with Crippen LogP contribution in [0.15, 0.2) is 78.9 Å². The topological polar surface area (TPSA) is 67.2 Å². The number of nitrogens with zero attached hydrogens (tertiary/aromatic N) is 3. The predicted octanol–water partition coefficient (Wildman–Crippen LogP) is 4.08. The van der Waals surface area contributed by atoms with Crippen molar-refractivity contribution in [1.82, 2.24) is 19.8 Å². The van der Waals surface area contributed by atoms with Crippen LogP contribution in [0.25, 0.3) is 11.0 Å². The average molecular weight is 439 g/mol. The summed E-state index contributed by atoms with van der Waals surface area (Å²) in [5.41, 5.74) is 3.64. The first-order valence-corrected chi connectivity index (χ1v) is 11.1. The molecule has 0 saturated carbocycles. The van der Waals surface area contributed by atoms with E-state index in [9.17, 15) is 9.59 Å². The first-order valence-electron chi connectivity index (χ1n) is 11.1. The van der Waals surface area contributed by atoms with E-state index < -0.39 is 5.54 Å². The maximum absolute atomic E-state index is 13.7. The Kier molecular flexibility index (Phi) is 5.21. The largest absolute Gasteiger partial charge is 0.350 e. The fraction of sp³-hybridized carbons (Fsp3) is 0.222. The molecule has 0 saturated heterocycles. The Labute approximate surface area is 192 Å². The van der Waals surface area contributed by atoms with Crippen LogP contribution in [0.5, 0.6) is 0 Å². The number of hydrogen-bond donors (Lipinski definition) is 1. The number of carbonyl (C=O) groups is 2. The lowest BCUT2D eigenvalue weighted by atomic mass is 9.94. The minimum Gasteiger partial charge on any atom is -0.350 e. The molecule has 166 valence electrons. The number of nitrogens with one attached hydrogen (secondary N) is 1. The Morgan fingerprint density at radius 1 is 1.00 bits per heavy atom. The van der Waals surface area contributed by atoms with Crippen LogP contribution in [-0.2, 0) is 24.4 Å². The smallest absolute Gasteiger partial charge is 0.291 e. The second kappa shape index (κ2) is 8.20. The van der Waals surface area contributed by atoms with E-state index in [-0.39, 0.29) is 11.8 Å². The molecule has 33 heavy (non-hydrogen) atoms. The number of para-hydroxylation sites is 2. The van der Waals surface area contributed by atoms with Crippen molar-refractivity contribution in [2.75, 3.05) is 0 Å². The third-order valence-electron chi connectivity index (χ3n) is 6.36. The molecule has 0 aliphatic carbocycles. The van der Waals surface area contributed by atoms with Crippen molar-refractivity contribution in [3.05, 3.63) is 101 Å². The molecule has 4 aromatic rings. The van der Waals surface area contributed by atoms with Crippen molar-refractivity contribution in [2.45, 2.75) is 39.0 Å². The number of amides is 2. The maximum Gasteiger partial charge on any atom is 0.291 e. The Hall–Kier alpha value is -3.93. The van der Waals surface area contributed by atoms with E-state index in [0.717, 1.165) is 27.7 Å². The summed E-state index contributed by atoms with van der Waals surface area (Å²) in [5, 5.41) is 3.06. The summed E-state index contributed by atoms with van der Waals surface area (Å²) < 4.78 is 1.88. The second-order valence-corrected chi connectivity index (χ2v) is 8.83. The SMILES string of the molecule is Cc1cccc(CN2C(=O)c3nc4ccccc4n3C[C@]2(C)C(=O)NCc2ccccc2)c1. The number of hydrogen-bond acceptors (Lipinski definition) is 3. The third-order valence-corrected chi connectivity index (χ3v) is 6.36. The van der Waals surface area contributed by atoms with Gasteiger partial charge in [-0.3, -0.25) is 9.59 Å². The Morgan fingerprint density at radius 2 is 1.73 bits per heavy atom. The number of aromatic nitrogens is 2. The number of benzene rings is 3. The molecule has 1 aromatic heterocycles. The molecule has 1 aliphatic heterocycles. The summed E-state index contributed by atoms with van der Waals surface area (Å²) in [6.07, 6.45) is 0. The van der Waals surface area contributed by atoms with Crippen LogP contribution in [0.4, 0.5) is 0 Å². The Balaban J connectivity index is 1.54. The lowest BCUT2D eigenvalue weighted by Gasteiger charge is -2.43. The maximum atomic E-state index is 13.7. The highest BCUT2D eigenvalue weighted by atomic mass is 16.2. The van der Waals surface area contributed by atoms with Gasteiger partial charge in [-0.25, -0.2) is 4.98 Å². The third kappa shape index (κ3) is 3.78. The van der Waals surface area contributed by atoms with Crippen LogP contribution in [0.1, 0.15) is 34.2 Å². The van der Waals surface area contributed by atoms with Gasteiger partial charge in [0.25, 0.3) is 5.91 Å². The number of rotatable bonds is 5. The van der Waals surface area contributed by atoms with Crippen LogP contribution >= 0.6 is 0 Å². The van der Waals surface area contributed by atoms with Crippen LogP contribution in [0, 0.1) is 6.92 Å². The van der Waals surface area contributed by atoms with Gasteiger partial charge in [0.2, 0.25) is 5.91 Å². The second-order valence-electron chi connectivity index (χ2n) is 8.83. The molecular weight excluding hydrogens is 412 g/mol. The summed E-state index contributed by atoms with van der Waals surface area (Å²) in [5.74, 6) is -0.0516. The molecule has 6 nitrogen and oxygen atoms in total. The van der Waals surface area contributed by atoms with Gasteiger partial charge in [0.1, 0.15) is 5.54 Å². The number of aryl methyl sites for hydroxylation is 1. The molecule has 1 aliphatic rings. The lowest BCUT2D eigenvalue weighted by molar-refractivity contribution is -0.133. The highest BCUT2D eigenvalue weighted by Crippen LogP contribution is 2.32. The minimum atomic E-state index is -1.08. The first-order chi connectivity index (χ1) is 16.0. The normalized spacial score (nSPS) is 17.8. The fourth-order valence-electron chi connectivity index (χ4n) is 4.54. The minimum absolute atomic E-state index is 0.184. The van der Waals surface area contributed by atoms with E-state index in [2.05, 4.69) is 10.3 Å². The molecule has 1 atom stereocenters. The zero-order chi connectivity index (χ0) is 23.0. The molecule has 5 rings (SSSR count). The van der Waals surface area contributed by atoms with Gasteiger partial charge >= 0.3 is 0 Å². The highest BCUT2D eigenvalue weighted by Gasteiger charge is 2.48. The number of fused-ring (bicyclic) bond motifs is 3. The van der Waals surface area contributed by atoms with E-state index in [1.54, 1.807) is 4.90 Å². The highest BCUT2D eigenvalue weighted by molar-refractivity contribution is 6.01. The number of carbonyl (C=O) groups excluding carboxylic acids is 2. The quantitative estimate of drug-likeness (QED) is 0.511. The summed E-state index contributed by atoms with van der Waals surface area (Å²) in [6.45, 7) is 4.94. The van der Waals surface area contributed by atoms with E-state index in [4.69, 9.17) is 0 Å². The van der Waals surface area contributed by atoms with E-state index in [1.165, 1.54) is 0 Å². The summed E-state index contributed by atoms with van der Waals surface area (Å²) in [4.78, 5) is 33.6. The number of imidazole rings is 1. The van der Waals surface area contributed by atoms with Crippen molar-refractivity contribution >= 4 is 22.8 Å². The molecule has 0 bridgehead atoms. The summed E-state index contributed by atoms with van der Waals surface area (Å²) in [6, 6.07) is 25.5. The van der Waals surface area contributed by atoms with Gasteiger partial charge < -0.3 is 14.8 Å². The van der Waals surface area contributed by atoms with Gasteiger partial charge in [0, 0.05) is 13.1 Å². The van der Waals surface area contributed by atoms with Crippen molar-refractivity contribution in [2.24, 2.45) is 0 Å². The van der Waals surface area contributed by atoms with Crippen molar-refractivity contribution < 1.29 is 9.59 Å². The van der Waals surface area contributed by atoms with Gasteiger partial charge in [-0.15, -0.1) is 0 Å². The zero-order valence-corrected chi connectivity index (χ0v) is 18.8. The monoisotopic (exact) mass is 438 g/mol. The average Bonchev–Trinajstić information content (AvgIpc) is 3.19. The molecule has 0 radical (unpaired) electrons. The lowest BCUT2D eigenvalue weighted by Crippen LogP contribution is -2.63. The van der Waals surface area contributed by atoms with E-state index in [1.807, 2.05) is 97.3 Å². The molecule has 0 fully saturated rings. The van der Waals surface area contributed by atoms with Crippen molar-refractivity contribution in [1.29, 1.82) is 0 Å². The van der Waals surface area contributed by atoms with Gasteiger partial charge in [-0.05, 0) is 37.1 Å². The van der Waals surface area contributed by atoms with Crippen LogP contribution in [-0.4, -0.2) is 31.8 Å². The summed E-state index contributed by atoms with van der Waals surface area (Å²) in [7, 11) is 0. The van der Waals surface area contributed by atoms with Crippen LogP contribution in [0.3, 0.4) is 0 Å². The molecule has 0 spiro atoms. The van der Waals surface area contributed by atoms with Crippen LogP contribution in [0.2, 0.25) is 0 Å². The van der Waals surface area contributed by atoms with E-state index in [0.29, 0.717) is 25.5 Å². The molecule has 0 unspecified atom stereocenters. The van der Waals surface area contributed by atoms with Crippen LogP contribution < -0.4 is 5.32 Å². The van der Waals surface area contributed by atoms with Gasteiger partial charge in [0.05, 0.1) is 17.6 Å². The first kappa shape index (κ1) is 20.9. The van der Waals surface area contributed by atoms with Gasteiger partial charge in [0.15, 0.2) is 5.82 Å². The van der Waals surface area contributed by atoms with Crippen molar-refractivity contribution in [3.8, 4) is 0 Å².